The number of halogens is 1. The summed E-state index contributed by atoms with van der Waals surface area (Å²) in [5, 5.41) is 9.71. The summed E-state index contributed by atoms with van der Waals surface area (Å²) in [5.74, 6) is 2.21. The van der Waals surface area contributed by atoms with Crippen LogP contribution in [-0.4, -0.2) is 40.5 Å². The topological polar surface area (TPSA) is 66.2 Å². The molecule has 0 fully saturated rings. The molecule has 0 radical (unpaired) electrons. The number of Topliss-reactive ketones (excluding diaryl/α,β-unsaturated/α-hetero) is 1. The zero-order valence-electron chi connectivity index (χ0n) is 15.1. The molecule has 8 heteroatoms. The summed E-state index contributed by atoms with van der Waals surface area (Å²) in [5.41, 5.74) is 1.47. The third-order valence-electron chi connectivity index (χ3n) is 3.98. The van der Waals surface area contributed by atoms with Crippen LogP contribution >= 0.6 is 23.4 Å². The van der Waals surface area contributed by atoms with E-state index in [9.17, 15) is 4.79 Å². The molecule has 0 amide bonds. The Morgan fingerprint density at radius 3 is 2.44 bits per heavy atom. The number of nitrogens with zero attached hydrogens (tertiary/aromatic N) is 3. The molecular weight excluding hydrogens is 386 g/mol. The average Bonchev–Trinajstić information content (AvgIpc) is 3.06. The van der Waals surface area contributed by atoms with Gasteiger partial charge in [-0.2, -0.15) is 0 Å². The van der Waals surface area contributed by atoms with Gasteiger partial charge in [0.25, 0.3) is 0 Å². The maximum Gasteiger partial charge on any atom is 0.191 e. The molecule has 140 valence electrons. The van der Waals surface area contributed by atoms with E-state index in [0.29, 0.717) is 33.1 Å². The number of carbonyl (C=O) groups excluding carboxylic acids is 1. The first-order valence-corrected chi connectivity index (χ1v) is 9.43. The molecule has 6 nitrogen and oxygen atoms in total. The van der Waals surface area contributed by atoms with Crippen LogP contribution in [0.25, 0.3) is 11.4 Å². The van der Waals surface area contributed by atoms with Crippen LogP contribution in [0.3, 0.4) is 0 Å². The van der Waals surface area contributed by atoms with Gasteiger partial charge in [-0.25, -0.2) is 0 Å². The van der Waals surface area contributed by atoms with E-state index in [1.54, 1.807) is 38.5 Å². The van der Waals surface area contributed by atoms with Gasteiger partial charge in [-0.15, -0.1) is 10.2 Å². The first kappa shape index (κ1) is 19.3. The molecular formula is C19H18ClN3O3S. The molecule has 0 saturated carbocycles. The van der Waals surface area contributed by atoms with Gasteiger partial charge in [-0.05, 0) is 42.5 Å². The molecule has 3 aromatic rings. The van der Waals surface area contributed by atoms with Crippen LogP contribution in [0.5, 0.6) is 11.5 Å². The van der Waals surface area contributed by atoms with Crippen molar-refractivity contribution in [1.82, 2.24) is 14.8 Å². The summed E-state index contributed by atoms with van der Waals surface area (Å²) in [6.07, 6.45) is 0. The van der Waals surface area contributed by atoms with E-state index in [0.717, 1.165) is 5.56 Å². The Kier molecular flexibility index (Phi) is 6.03. The van der Waals surface area contributed by atoms with Crippen LogP contribution in [0.15, 0.2) is 47.6 Å². The maximum absolute atomic E-state index is 12.3. The molecule has 0 spiro atoms. The second-order valence-electron chi connectivity index (χ2n) is 5.65. The summed E-state index contributed by atoms with van der Waals surface area (Å²) >= 11 is 7.19. The lowest BCUT2D eigenvalue weighted by atomic mass is 10.1. The second-order valence-corrected chi connectivity index (χ2v) is 7.03. The lowest BCUT2D eigenvalue weighted by Gasteiger charge is -2.09. The number of carbonyl (C=O) groups is 1. The van der Waals surface area contributed by atoms with Gasteiger partial charge in [0, 0.05) is 23.2 Å². The summed E-state index contributed by atoms with van der Waals surface area (Å²) in [4.78, 5) is 12.3. The minimum atomic E-state index is 0.00679. The van der Waals surface area contributed by atoms with Crippen molar-refractivity contribution in [3.05, 3.63) is 53.1 Å². The van der Waals surface area contributed by atoms with Crippen LogP contribution in [0.1, 0.15) is 10.4 Å². The van der Waals surface area contributed by atoms with Gasteiger partial charge in [-0.3, -0.25) is 4.79 Å². The van der Waals surface area contributed by atoms with Crippen LogP contribution in [0.4, 0.5) is 0 Å². The van der Waals surface area contributed by atoms with Gasteiger partial charge in [0.15, 0.2) is 28.3 Å². The fraction of sp³-hybridized carbons (Fsp3) is 0.211. The molecule has 0 aliphatic heterocycles. The Morgan fingerprint density at radius 2 is 1.78 bits per heavy atom. The Hall–Kier alpha value is -2.51. The van der Waals surface area contributed by atoms with E-state index < -0.39 is 0 Å². The molecule has 1 aromatic heterocycles. The Labute approximate surface area is 166 Å². The number of ether oxygens (including phenoxy) is 2. The summed E-state index contributed by atoms with van der Waals surface area (Å²) in [6.45, 7) is 0. The predicted octanol–water partition coefficient (Wildman–Crippen LogP) is 4.13. The number of methoxy groups -OCH3 is 2. The minimum absolute atomic E-state index is 0.00679. The summed E-state index contributed by atoms with van der Waals surface area (Å²) in [6, 6.07) is 12.4. The number of ketones is 1. The molecule has 0 aliphatic rings. The molecule has 0 atom stereocenters. The van der Waals surface area contributed by atoms with Crippen molar-refractivity contribution >= 4 is 29.1 Å². The number of hydrogen-bond donors (Lipinski definition) is 0. The average molecular weight is 404 g/mol. The lowest BCUT2D eigenvalue weighted by molar-refractivity contribution is 0.102. The summed E-state index contributed by atoms with van der Waals surface area (Å²) < 4.78 is 12.4. The maximum atomic E-state index is 12.3. The molecule has 1 heterocycles. The minimum Gasteiger partial charge on any atom is -0.493 e. The van der Waals surface area contributed by atoms with Crippen molar-refractivity contribution in [2.24, 2.45) is 7.05 Å². The number of hydrogen-bond acceptors (Lipinski definition) is 6. The van der Waals surface area contributed by atoms with E-state index >= 15 is 0 Å². The van der Waals surface area contributed by atoms with Crippen LogP contribution in [-0.2, 0) is 7.05 Å². The van der Waals surface area contributed by atoms with Crippen molar-refractivity contribution in [2.45, 2.75) is 5.16 Å². The Morgan fingerprint density at radius 1 is 1.07 bits per heavy atom. The van der Waals surface area contributed by atoms with Gasteiger partial charge in [0.2, 0.25) is 0 Å². The SMILES string of the molecule is COc1ccc(-c2nnc(SCC(=O)c3ccc(Cl)cc3)n2C)cc1OC. The highest BCUT2D eigenvalue weighted by molar-refractivity contribution is 7.99. The third-order valence-corrected chi connectivity index (χ3v) is 5.25. The second kappa shape index (κ2) is 8.45. The predicted molar refractivity (Wildman–Crippen MR) is 106 cm³/mol. The van der Waals surface area contributed by atoms with E-state index in [1.165, 1.54) is 11.8 Å². The highest BCUT2D eigenvalue weighted by Crippen LogP contribution is 2.32. The van der Waals surface area contributed by atoms with Gasteiger partial charge in [0.1, 0.15) is 0 Å². The Bertz CT molecular complexity index is 957. The van der Waals surface area contributed by atoms with Gasteiger partial charge < -0.3 is 14.0 Å². The largest absolute Gasteiger partial charge is 0.493 e. The van der Waals surface area contributed by atoms with Crippen LogP contribution in [0.2, 0.25) is 5.02 Å². The zero-order valence-corrected chi connectivity index (χ0v) is 16.7. The van der Waals surface area contributed by atoms with Gasteiger partial charge >= 0.3 is 0 Å². The number of rotatable bonds is 7. The monoisotopic (exact) mass is 403 g/mol. The van der Waals surface area contributed by atoms with E-state index in [2.05, 4.69) is 10.2 Å². The molecule has 3 rings (SSSR count). The zero-order chi connectivity index (χ0) is 19.4. The van der Waals surface area contributed by atoms with E-state index in [1.807, 2.05) is 29.8 Å². The van der Waals surface area contributed by atoms with Crippen molar-refractivity contribution in [1.29, 1.82) is 0 Å². The molecule has 0 aliphatic carbocycles. The molecule has 0 saturated heterocycles. The lowest BCUT2D eigenvalue weighted by Crippen LogP contribution is -2.03. The van der Waals surface area contributed by atoms with Crippen LogP contribution in [0, 0.1) is 0 Å². The highest BCUT2D eigenvalue weighted by Gasteiger charge is 2.15. The molecule has 0 bridgehead atoms. The standard InChI is InChI=1S/C19H18ClN3O3S/c1-23-18(13-6-9-16(25-2)17(10-13)26-3)21-22-19(23)27-11-15(24)12-4-7-14(20)8-5-12/h4-10H,11H2,1-3H3. The van der Waals surface area contributed by atoms with Crippen molar-refractivity contribution < 1.29 is 14.3 Å². The fourth-order valence-electron chi connectivity index (χ4n) is 2.52. The molecule has 0 N–H and O–H groups in total. The first-order chi connectivity index (χ1) is 13.0. The normalized spacial score (nSPS) is 10.7. The fourth-order valence-corrected chi connectivity index (χ4v) is 3.45. The molecule has 2 aromatic carbocycles. The highest BCUT2D eigenvalue weighted by atomic mass is 35.5. The van der Waals surface area contributed by atoms with Gasteiger partial charge in [-0.1, -0.05) is 23.4 Å². The van der Waals surface area contributed by atoms with Crippen molar-refractivity contribution in [3.63, 3.8) is 0 Å². The number of benzene rings is 2. The number of thioether (sulfide) groups is 1. The van der Waals surface area contributed by atoms with E-state index in [-0.39, 0.29) is 11.5 Å². The quantitative estimate of drug-likeness (QED) is 0.436. The molecule has 0 unspecified atom stereocenters. The Balaban J connectivity index is 1.75. The first-order valence-electron chi connectivity index (χ1n) is 8.07. The third kappa shape index (κ3) is 4.26. The van der Waals surface area contributed by atoms with E-state index in [4.69, 9.17) is 21.1 Å². The van der Waals surface area contributed by atoms with Crippen molar-refractivity contribution in [3.8, 4) is 22.9 Å². The van der Waals surface area contributed by atoms with Gasteiger partial charge in [0.05, 0.1) is 20.0 Å². The summed E-state index contributed by atoms with van der Waals surface area (Å²) in [7, 11) is 5.04. The van der Waals surface area contributed by atoms with Crippen molar-refractivity contribution in [2.75, 3.05) is 20.0 Å². The number of aromatic nitrogens is 3. The smallest absolute Gasteiger partial charge is 0.191 e. The van der Waals surface area contributed by atoms with Crippen LogP contribution < -0.4 is 9.47 Å². The molecule has 27 heavy (non-hydrogen) atoms.